The van der Waals surface area contributed by atoms with Crippen LogP contribution in [-0.2, 0) is 4.79 Å². The Kier molecular flexibility index (Phi) is 4.53. The second-order valence-corrected chi connectivity index (χ2v) is 7.17. The highest BCUT2D eigenvalue weighted by atomic mass is 16.1. The molecule has 0 saturated heterocycles. The van der Waals surface area contributed by atoms with E-state index in [4.69, 9.17) is 0 Å². The highest BCUT2D eigenvalue weighted by Crippen LogP contribution is 2.54. The van der Waals surface area contributed by atoms with Gasteiger partial charge in [0.2, 0.25) is 0 Å². The Morgan fingerprint density at radius 1 is 1.32 bits per heavy atom. The zero-order chi connectivity index (χ0) is 14.0. The van der Waals surface area contributed by atoms with Gasteiger partial charge in [0.1, 0.15) is 0 Å². The van der Waals surface area contributed by atoms with Crippen molar-refractivity contribution in [3.8, 4) is 0 Å². The highest BCUT2D eigenvalue weighted by molar-refractivity contribution is 6.00. The largest absolute Gasteiger partial charge is 0.294 e. The molecule has 0 bridgehead atoms. The first kappa shape index (κ1) is 14.8. The van der Waals surface area contributed by atoms with Crippen LogP contribution in [0.25, 0.3) is 0 Å². The van der Waals surface area contributed by atoms with E-state index < -0.39 is 0 Å². The smallest absolute Gasteiger partial charge is 0.164 e. The maximum Gasteiger partial charge on any atom is 0.164 e. The Morgan fingerprint density at radius 3 is 2.74 bits per heavy atom. The second kappa shape index (κ2) is 5.81. The first-order chi connectivity index (χ1) is 9.00. The molecular weight excluding hydrogens is 232 g/mol. The molecule has 0 aliphatic heterocycles. The lowest BCUT2D eigenvalue weighted by Gasteiger charge is -2.51. The van der Waals surface area contributed by atoms with Gasteiger partial charge in [0.25, 0.3) is 0 Å². The number of Topliss-reactive ketones (excluding diaryl/α,β-unsaturated/α-hetero) is 1. The van der Waals surface area contributed by atoms with Gasteiger partial charge >= 0.3 is 0 Å². The molecule has 2 aliphatic rings. The number of unbranched alkanes of at least 4 members (excludes halogenated alkanes) is 2. The van der Waals surface area contributed by atoms with Gasteiger partial charge < -0.3 is 0 Å². The molecule has 4 atom stereocenters. The Balaban J connectivity index is 2.14. The van der Waals surface area contributed by atoms with Crippen molar-refractivity contribution in [2.45, 2.75) is 72.1 Å². The third-order valence-corrected chi connectivity index (χ3v) is 5.92. The van der Waals surface area contributed by atoms with Crippen molar-refractivity contribution >= 4 is 5.78 Å². The lowest BCUT2D eigenvalue weighted by molar-refractivity contribution is -0.135. The number of carbonyl (C=O) groups excluding carboxylic acids is 1. The molecule has 0 aromatic rings. The van der Waals surface area contributed by atoms with Crippen LogP contribution >= 0.6 is 0 Å². The molecule has 19 heavy (non-hydrogen) atoms. The van der Waals surface area contributed by atoms with Gasteiger partial charge in [-0.05, 0) is 55.4 Å². The van der Waals surface area contributed by atoms with E-state index in [-0.39, 0.29) is 5.41 Å². The van der Waals surface area contributed by atoms with Crippen molar-refractivity contribution in [1.82, 2.24) is 0 Å². The van der Waals surface area contributed by atoms with Gasteiger partial charge in [0.05, 0.1) is 0 Å². The summed E-state index contributed by atoms with van der Waals surface area (Å²) in [5, 5.41) is 0. The Morgan fingerprint density at radius 2 is 2.05 bits per heavy atom. The summed E-state index contributed by atoms with van der Waals surface area (Å²) in [6, 6.07) is 0. The second-order valence-electron chi connectivity index (χ2n) is 7.17. The molecule has 2 saturated carbocycles. The fourth-order valence-corrected chi connectivity index (χ4v) is 4.57. The molecule has 0 heterocycles. The van der Waals surface area contributed by atoms with E-state index in [9.17, 15) is 4.79 Å². The number of hydrogen-bond donors (Lipinski definition) is 0. The molecule has 2 fully saturated rings. The summed E-state index contributed by atoms with van der Waals surface area (Å²) < 4.78 is 0. The average molecular weight is 262 g/mol. The molecule has 4 unspecified atom stereocenters. The standard InChI is InChI=1S/C18H30O/c1-5-6-7-8-15-13(2)11-12-18(4)16(15)10-9-14(3)17(18)19/h13,15-16H,3,5-12H2,1-2,4H3. The van der Waals surface area contributed by atoms with Crippen LogP contribution in [-0.4, -0.2) is 5.78 Å². The third-order valence-electron chi connectivity index (χ3n) is 5.92. The SMILES string of the molecule is C=C1CCC2C(CCCCC)C(C)CCC2(C)C1=O. The van der Waals surface area contributed by atoms with Crippen LogP contribution in [0.15, 0.2) is 12.2 Å². The molecular formula is C18H30O. The van der Waals surface area contributed by atoms with Gasteiger partial charge in [-0.2, -0.15) is 0 Å². The van der Waals surface area contributed by atoms with Crippen molar-refractivity contribution in [3.05, 3.63) is 12.2 Å². The third kappa shape index (κ3) is 2.66. The lowest BCUT2D eigenvalue weighted by Crippen LogP contribution is -2.48. The summed E-state index contributed by atoms with van der Waals surface area (Å²) in [7, 11) is 0. The first-order valence-corrected chi connectivity index (χ1v) is 8.23. The number of carbonyl (C=O) groups is 1. The van der Waals surface area contributed by atoms with E-state index in [1.165, 1.54) is 38.5 Å². The molecule has 1 nitrogen and oxygen atoms in total. The minimum atomic E-state index is -0.0846. The number of ketones is 1. The predicted molar refractivity (Wildman–Crippen MR) is 81.0 cm³/mol. The minimum absolute atomic E-state index is 0.0846. The van der Waals surface area contributed by atoms with E-state index in [0.717, 1.165) is 30.3 Å². The molecule has 0 radical (unpaired) electrons. The highest BCUT2D eigenvalue weighted by Gasteiger charge is 2.51. The summed E-state index contributed by atoms with van der Waals surface area (Å²) in [6.45, 7) is 10.9. The number of allylic oxidation sites excluding steroid dienone is 1. The van der Waals surface area contributed by atoms with Crippen molar-refractivity contribution in [2.75, 3.05) is 0 Å². The fraction of sp³-hybridized carbons (Fsp3) is 0.833. The lowest BCUT2D eigenvalue weighted by atomic mass is 9.52. The van der Waals surface area contributed by atoms with E-state index in [1.807, 2.05) is 0 Å². The molecule has 0 aromatic heterocycles. The zero-order valence-corrected chi connectivity index (χ0v) is 13.0. The van der Waals surface area contributed by atoms with Crippen molar-refractivity contribution in [3.63, 3.8) is 0 Å². The topological polar surface area (TPSA) is 17.1 Å². The molecule has 0 amide bonds. The maximum absolute atomic E-state index is 12.6. The molecule has 0 N–H and O–H groups in total. The summed E-state index contributed by atoms with van der Waals surface area (Å²) >= 11 is 0. The summed E-state index contributed by atoms with van der Waals surface area (Å²) in [4.78, 5) is 12.6. The van der Waals surface area contributed by atoms with Crippen LogP contribution in [0.4, 0.5) is 0 Å². The number of fused-ring (bicyclic) bond motifs is 1. The van der Waals surface area contributed by atoms with Gasteiger partial charge in [0.15, 0.2) is 5.78 Å². The van der Waals surface area contributed by atoms with E-state index in [0.29, 0.717) is 11.7 Å². The Bertz CT molecular complexity index is 357. The van der Waals surface area contributed by atoms with Crippen molar-refractivity contribution < 1.29 is 4.79 Å². The van der Waals surface area contributed by atoms with Crippen LogP contribution < -0.4 is 0 Å². The minimum Gasteiger partial charge on any atom is -0.294 e. The van der Waals surface area contributed by atoms with Crippen LogP contribution in [0.2, 0.25) is 0 Å². The summed E-state index contributed by atoms with van der Waals surface area (Å²) in [6.07, 6.45) is 9.75. The average Bonchev–Trinajstić information content (AvgIpc) is 2.39. The zero-order valence-electron chi connectivity index (χ0n) is 13.0. The predicted octanol–water partition coefficient (Wildman–Crippen LogP) is 5.15. The number of hydrogen-bond acceptors (Lipinski definition) is 1. The molecule has 0 spiro atoms. The maximum atomic E-state index is 12.6. The van der Waals surface area contributed by atoms with Crippen LogP contribution in [0, 0.1) is 23.2 Å². The number of rotatable bonds is 4. The molecule has 1 heteroatoms. The Labute approximate surface area is 118 Å². The van der Waals surface area contributed by atoms with E-state index in [2.05, 4.69) is 27.4 Å². The summed E-state index contributed by atoms with van der Waals surface area (Å²) in [5.41, 5.74) is 0.805. The van der Waals surface area contributed by atoms with Crippen LogP contribution in [0.3, 0.4) is 0 Å². The first-order valence-electron chi connectivity index (χ1n) is 8.23. The molecule has 0 aromatic carbocycles. The normalized spacial score (nSPS) is 39.2. The van der Waals surface area contributed by atoms with Gasteiger partial charge in [-0.3, -0.25) is 4.79 Å². The van der Waals surface area contributed by atoms with Gasteiger partial charge in [0, 0.05) is 5.41 Å². The monoisotopic (exact) mass is 262 g/mol. The van der Waals surface area contributed by atoms with Gasteiger partial charge in [-0.25, -0.2) is 0 Å². The molecule has 108 valence electrons. The quantitative estimate of drug-likeness (QED) is 0.505. The van der Waals surface area contributed by atoms with Crippen molar-refractivity contribution in [2.24, 2.45) is 23.2 Å². The van der Waals surface area contributed by atoms with Crippen molar-refractivity contribution in [1.29, 1.82) is 0 Å². The van der Waals surface area contributed by atoms with Crippen LogP contribution in [0.1, 0.15) is 72.1 Å². The van der Waals surface area contributed by atoms with Gasteiger partial charge in [-0.15, -0.1) is 0 Å². The fourth-order valence-electron chi connectivity index (χ4n) is 4.57. The Hall–Kier alpha value is -0.590. The van der Waals surface area contributed by atoms with E-state index in [1.54, 1.807) is 0 Å². The van der Waals surface area contributed by atoms with E-state index >= 15 is 0 Å². The summed E-state index contributed by atoms with van der Waals surface area (Å²) in [5.74, 6) is 2.57. The van der Waals surface area contributed by atoms with Gasteiger partial charge in [-0.1, -0.05) is 46.6 Å². The molecule has 2 rings (SSSR count). The molecule has 2 aliphatic carbocycles. The van der Waals surface area contributed by atoms with Crippen LogP contribution in [0.5, 0.6) is 0 Å².